The van der Waals surface area contributed by atoms with Gasteiger partial charge in [-0.25, -0.2) is 0 Å². The van der Waals surface area contributed by atoms with Gasteiger partial charge in [0.1, 0.15) is 0 Å². The van der Waals surface area contributed by atoms with Gasteiger partial charge in [-0.1, -0.05) is 29.8 Å². The number of hydrogen-bond donors (Lipinski definition) is 1. The molecule has 0 aromatic heterocycles. The summed E-state index contributed by atoms with van der Waals surface area (Å²) in [4.78, 5) is 0. The quantitative estimate of drug-likeness (QED) is 0.817. The largest absolute Gasteiger partial charge is 0.373 e. The molecule has 0 radical (unpaired) electrons. The van der Waals surface area contributed by atoms with E-state index in [0.717, 1.165) is 32.5 Å². The summed E-state index contributed by atoms with van der Waals surface area (Å²) in [6, 6.07) is 8.54. The Balaban J connectivity index is 1.81. The lowest BCUT2D eigenvalue weighted by Gasteiger charge is -2.23. The smallest absolute Gasteiger partial charge is 0.0720 e. The van der Waals surface area contributed by atoms with E-state index in [1.54, 1.807) is 0 Å². The van der Waals surface area contributed by atoms with Crippen LogP contribution < -0.4 is 5.32 Å². The summed E-state index contributed by atoms with van der Waals surface area (Å²) in [5, 5.41) is 3.34. The first-order chi connectivity index (χ1) is 7.34. The molecule has 1 saturated heterocycles. The van der Waals surface area contributed by atoms with Gasteiger partial charge < -0.3 is 10.1 Å². The lowest BCUT2D eigenvalue weighted by Crippen LogP contribution is -2.32. The van der Waals surface area contributed by atoms with Gasteiger partial charge in [0.05, 0.1) is 12.7 Å². The SMILES string of the molecule is Cc1cccc(COC2CCNCC2)c1. The molecule has 0 bridgehead atoms. The van der Waals surface area contributed by atoms with Crippen molar-refractivity contribution in [2.24, 2.45) is 0 Å². The molecule has 0 amide bonds. The molecular weight excluding hydrogens is 186 g/mol. The van der Waals surface area contributed by atoms with Gasteiger partial charge in [0, 0.05) is 0 Å². The maximum absolute atomic E-state index is 5.88. The number of benzene rings is 1. The van der Waals surface area contributed by atoms with Crippen LogP contribution in [0.25, 0.3) is 0 Å². The van der Waals surface area contributed by atoms with Gasteiger partial charge in [0.25, 0.3) is 0 Å². The fourth-order valence-corrected chi connectivity index (χ4v) is 1.98. The lowest BCUT2D eigenvalue weighted by molar-refractivity contribution is 0.0212. The minimum absolute atomic E-state index is 0.451. The van der Waals surface area contributed by atoms with Crippen molar-refractivity contribution < 1.29 is 4.74 Å². The number of piperidine rings is 1. The molecule has 1 aliphatic rings. The predicted octanol–water partition coefficient (Wildman–Crippen LogP) is 2.26. The van der Waals surface area contributed by atoms with Crippen LogP contribution >= 0.6 is 0 Å². The van der Waals surface area contributed by atoms with Gasteiger partial charge in [-0.15, -0.1) is 0 Å². The number of rotatable bonds is 3. The maximum Gasteiger partial charge on any atom is 0.0720 e. The van der Waals surface area contributed by atoms with Gasteiger partial charge in [0.15, 0.2) is 0 Å². The molecule has 2 heteroatoms. The van der Waals surface area contributed by atoms with E-state index < -0.39 is 0 Å². The van der Waals surface area contributed by atoms with E-state index in [-0.39, 0.29) is 0 Å². The summed E-state index contributed by atoms with van der Waals surface area (Å²) in [7, 11) is 0. The Bertz CT molecular complexity index is 305. The minimum Gasteiger partial charge on any atom is -0.373 e. The first-order valence-electron chi connectivity index (χ1n) is 5.72. The molecule has 1 aliphatic heterocycles. The van der Waals surface area contributed by atoms with E-state index in [1.807, 2.05) is 0 Å². The average molecular weight is 205 g/mol. The van der Waals surface area contributed by atoms with Crippen LogP contribution in [0.4, 0.5) is 0 Å². The van der Waals surface area contributed by atoms with E-state index in [2.05, 4.69) is 36.5 Å². The molecule has 15 heavy (non-hydrogen) atoms. The molecule has 0 unspecified atom stereocenters. The summed E-state index contributed by atoms with van der Waals surface area (Å²) >= 11 is 0. The second kappa shape index (κ2) is 5.29. The zero-order valence-corrected chi connectivity index (χ0v) is 9.33. The summed E-state index contributed by atoms with van der Waals surface area (Å²) < 4.78 is 5.88. The fourth-order valence-electron chi connectivity index (χ4n) is 1.98. The van der Waals surface area contributed by atoms with Crippen molar-refractivity contribution in [3.05, 3.63) is 35.4 Å². The summed E-state index contributed by atoms with van der Waals surface area (Å²) in [6.07, 6.45) is 2.74. The van der Waals surface area contributed by atoms with E-state index in [4.69, 9.17) is 4.74 Å². The summed E-state index contributed by atoms with van der Waals surface area (Å²) in [6.45, 7) is 5.07. The Morgan fingerprint density at radius 2 is 2.13 bits per heavy atom. The molecule has 0 aliphatic carbocycles. The Morgan fingerprint density at radius 1 is 1.33 bits per heavy atom. The minimum atomic E-state index is 0.451. The fraction of sp³-hybridized carbons (Fsp3) is 0.538. The molecular formula is C13H19NO. The van der Waals surface area contributed by atoms with Crippen LogP contribution in [-0.2, 0) is 11.3 Å². The second-order valence-corrected chi connectivity index (χ2v) is 4.25. The second-order valence-electron chi connectivity index (χ2n) is 4.25. The van der Waals surface area contributed by atoms with Crippen LogP contribution in [0.3, 0.4) is 0 Å². The number of nitrogens with one attached hydrogen (secondary N) is 1. The van der Waals surface area contributed by atoms with Crippen LogP contribution in [0.15, 0.2) is 24.3 Å². The van der Waals surface area contributed by atoms with Crippen molar-refractivity contribution in [1.29, 1.82) is 0 Å². The predicted molar refractivity (Wildman–Crippen MR) is 61.9 cm³/mol. The van der Waals surface area contributed by atoms with E-state index in [1.165, 1.54) is 11.1 Å². The first kappa shape index (κ1) is 10.7. The van der Waals surface area contributed by atoms with Crippen LogP contribution in [0.5, 0.6) is 0 Å². The maximum atomic E-state index is 5.88. The Hall–Kier alpha value is -0.860. The third kappa shape index (κ3) is 3.33. The molecule has 0 atom stereocenters. The van der Waals surface area contributed by atoms with Crippen molar-refractivity contribution in [2.45, 2.75) is 32.5 Å². The third-order valence-electron chi connectivity index (χ3n) is 2.85. The van der Waals surface area contributed by atoms with Crippen molar-refractivity contribution in [3.8, 4) is 0 Å². The van der Waals surface area contributed by atoms with Gasteiger partial charge in [-0.3, -0.25) is 0 Å². The highest BCUT2D eigenvalue weighted by Gasteiger charge is 2.12. The zero-order chi connectivity index (χ0) is 10.5. The Morgan fingerprint density at radius 3 is 2.87 bits per heavy atom. The number of aryl methyl sites for hydroxylation is 1. The van der Waals surface area contributed by atoms with Crippen LogP contribution in [0, 0.1) is 6.92 Å². The highest BCUT2D eigenvalue weighted by molar-refractivity contribution is 5.21. The van der Waals surface area contributed by atoms with Crippen LogP contribution in [-0.4, -0.2) is 19.2 Å². The van der Waals surface area contributed by atoms with E-state index in [0.29, 0.717) is 6.10 Å². The molecule has 1 aromatic rings. The highest BCUT2D eigenvalue weighted by Crippen LogP contribution is 2.11. The lowest BCUT2D eigenvalue weighted by atomic mass is 10.1. The van der Waals surface area contributed by atoms with E-state index >= 15 is 0 Å². The van der Waals surface area contributed by atoms with Gasteiger partial charge in [-0.05, 0) is 38.4 Å². The number of ether oxygens (including phenoxy) is 1. The monoisotopic (exact) mass is 205 g/mol. The van der Waals surface area contributed by atoms with Crippen LogP contribution in [0.1, 0.15) is 24.0 Å². The van der Waals surface area contributed by atoms with Crippen molar-refractivity contribution in [1.82, 2.24) is 5.32 Å². The molecule has 1 N–H and O–H groups in total. The average Bonchev–Trinajstić information content (AvgIpc) is 2.28. The van der Waals surface area contributed by atoms with Gasteiger partial charge >= 0.3 is 0 Å². The van der Waals surface area contributed by atoms with Crippen molar-refractivity contribution in [2.75, 3.05) is 13.1 Å². The Labute approximate surface area is 91.6 Å². The molecule has 2 rings (SSSR count). The van der Waals surface area contributed by atoms with E-state index in [9.17, 15) is 0 Å². The molecule has 1 fully saturated rings. The molecule has 2 nitrogen and oxygen atoms in total. The molecule has 82 valence electrons. The van der Waals surface area contributed by atoms with Crippen molar-refractivity contribution in [3.63, 3.8) is 0 Å². The standard InChI is InChI=1S/C13H19NO/c1-11-3-2-4-12(9-11)10-15-13-5-7-14-8-6-13/h2-4,9,13-14H,5-8,10H2,1H3. The molecule has 1 aromatic carbocycles. The van der Waals surface area contributed by atoms with Crippen LogP contribution in [0.2, 0.25) is 0 Å². The summed E-state index contributed by atoms with van der Waals surface area (Å²) in [5.74, 6) is 0. The van der Waals surface area contributed by atoms with Gasteiger partial charge in [0.2, 0.25) is 0 Å². The normalized spacial score (nSPS) is 17.9. The molecule has 1 heterocycles. The Kier molecular flexibility index (Phi) is 3.75. The molecule has 0 saturated carbocycles. The van der Waals surface area contributed by atoms with Gasteiger partial charge in [-0.2, -0.15) is 0 Å². The van der Waals surface area contributed by atoms with Crippen molar-refractivity contribution >= 4 is 0 Å². The highest BCUT2D eigenvalue weighted by atomic mass is 16.5. The third-order valence-corrected chi connectivity index (χ3v) is 2.85. The summed E-state index contributed by atoms with van der Waals surface area (Å²) in [5.41, 5.74) is 2.59. The topological polar surface area (TPSA) is 21.3 Å². The number of hydrogen-bond acceptors (Lipinski definition) is 2. The zero-order valence-electron chi connectivity index (χ0n) is 9.33. The first-order valence-corrected chi connectivity index (χ1v) is 5.72. The molecule has 0 spiro atoms.